The molecule has 3 aromatic rings. The molecule has 0 radical (unpaired) electrons. The van der Waals surface area contributed by atoms with Gasteiger partial charge in [0.25, 0.3) is 10.0 Å². The van der Waals surface area contributed by atoms with E-state index in [1.807, 2.05) is 30.3 Å². The SMILES string of the molecule is CC(C(=O)NC1CCCCC1)N(CCc1ccccc1)C(=O)CN(c1cc(Cl)cc(Cl)c1)S(=O)(=O)c1ccccc1. The lowest BCUT2D eigenvalue weighted by atomic mass is 9.95. The van der Waals surface area contributed by atoms with Gasteiger partial charge in [-0.2, -0.15) is 0 Å². The molecule has 0 heterocycles. The molecule has 1 aliphatic rings. The van der Waals surface area contributed by atoms with Gasteiger partial charge < -0.3 is 10.2 Å². The minimum atomic E-state index is -4.18. The van der Waals surface area contributed by atoms with Crippen molar-refractivity contribution in [2.45, 2.75) is 62.4 Å². The van der Waals surface area contributed by atoms with E-state index in [4.69, 9.17) is 23.2 Å². The Balaban J connectivity index is 1.65. The Labute approximate surface area is 252 Å². The highest BCUT2D eigenvalue weighted by atomic mass is 35.5. The number of rotatable bonds is 11. The highest BCUT2D eigenvalue weighted by Crippen LogP contribution is 2.30. The molecule has 1 N–H and O–H groups in total. The molecule has 7 nitrogen and oxygen atoms in total. The van der Waals surface area contributed by atoms with Crippen LogP contribution in [0, 0.1) is 0 Å². The third-order valence-corrected chi connectivity index (χ3v) is 9.57. The van der Waals surface area contributed by atoms with Gasteiger partial charge >= 0.3 is 0 Å². The summed E-state index contributed by atoms with van der Waals surface area (Å²) in [4.78, 5) is 28.8. The minimum Gasteiger partial charge on any atom is -0.352 e. The second-order valence-electron chi connectivity index (χ2n) is 10.3. The molecule has 0 saturated heterocycles. The first-order chi connectivity index (χ1) is 19.6. The first-order valence-corrected chi connectivity index (χ1v) is 16.0. The number of amides is 2. The Morgan fingerprint density at radius 2 is 1.49 bits per heavy atom. The van der Waals surface area contributed by atoms with Crippen LogP contribution in [-0.4, -0.2) is 50.3 Å². The van der Waals surface area contributed by atoms with Gasteiger partial charge in [0.05, 0.1) is 10.6 Å². The van der Waals surface area contributed by atoms with Gasteiger partial charge in [-0.1, -0.05) is 91.0 Å². The Hall–Kier alpha value is -3.07. The number of anilines is 1. The van der Waals surface area contributed by atoms with Crippen LogP contribution >= 0.6 is 23.2 Å². The van der Waals surface area contributed by atoms with E-state index in [0.29, 0.717) is 6.42 Å². The van der Waals surface area contributed by atoms with E-state index in [1.165, 1.54) is 35.2 Å². The maximum absolute atomic E-state index is 14.0. The molecule has 2 amide bonds. The maximum Gasteiger partial charge on any atom is 0.264 e. The lowest BCUT2D eigenvalue weighted by molar-refractivity contribution is -0.139. The minimum absolute atomic E-state index is 0.0165. The van der Waals surface area contributed by atoms with Gasteiger partial charge in [0.2, 0.25) is 11.8 Å². The van der Waals surface area contributed by atoms with Crippen LogP contribution in [0.3, 0.4) is 0 Å². The highest BCUT2D eigenvalue weighted by Gasteiger charge is 2.33. The summed E-state index contributed by atoms with van der Waals surface area (Å²) in [5, 5.41) is 3.57. The van der Waals surface area contributed by atoms with Gasteiger partial charge in [-0.3, -0.25) is 13.9 Å². The average molecular weight is 617 g/mol. The number of carbonyl (C=O) groups is 2. The molecule has 1 saturated carbocycles. The third kappa shape index (κ3) is 8.24. The first-order valence-electron chi connectivity index (χ1n) is 13.8. The summed E-state index contributed by atoms with van der Waals surface area (Å²) in [5.74, 6) is -0.760. The zero-order chi connectivity index (χ0) is 29.4. The number of carbonyl (C=O) groups excluding carboxylic acids is 2. The Morgan fingerprint density at radius 3 is 2.10 bits per heavy atom. The highest BCUT2D eigenvalue weighted by molar-refractivity contribution is 7.92. The topological polar surface area (TPSA) is 86.8 Å². The molecule has 3 aromatic carbocycles. The fourth-order valence-corrected chi connectivity index (χ4v) is 7.00. The molecule has 218 valence electrons. The Kier molecular flexibility index (Phi) is 10.7. The van der Waals surface area contributed by atoms with Crippen LogP contribution < -0.4 is 9.62 Å². The predicted octanol–water partition coefficient (Wildman–Crippen LogP) is 6.10. The first kappa shape index (κ1) is 30.9. The average Bonchev–Trinajstić information content (AvgIpc) is 2.96. The van der Waals surface area contributed by atoms with Crippen molar-refractivity contribution in [3.63, 3.8) is 0 Å². The zero-order valence-electron chi connectivity index (χ0n) is 23.0. The number of nitrogens with zero attached hydrogens (tertiary/aromatic N) is 2. The van der Waals surface area contributed by atoms with E-state index in [-0.39, 0.29) is 39.1 Å². The molecule has 0 aliphatic heterocycles. The van der Waals surface area contributed by atoms with Crippen molar-refractivity contribution >= 4 is 50.7 Å². The summed E-state index contributed by atoms with van der Waals surface area (Å²) in [6, 6.07) is 21.2. The van der Waals surface area contributed by atoms with Crippen molar-refractivity contribution in [2.75, 3.05) is 17.4 Å². The molecule has 0 aromatic heterocycles. The summed E-state index contributed by atoms with van der Waals surface area (Å²) in [6.07, 6.45) is 5.60. The Morgan fingerprint density at radius 1 is 0.902 bits per heavy atom. The van der Waals surface area contributed by atoms with E-state index in [0.717, 1.165) is 42.0 Å². The lowest BCUT2D eigenvalue weighted by Crippen LogP contribution is -2.53. The maximum atomic E-state index is 14.0. The summed E-state index contributed by atoms with van der Waals surface area (Å²) < 4.78 is 28.7. The molecule has 4 rings (SSSR count). The molecule has 0 bridgehead atoms. The summed E-state index contributed by atoms with van der Waals surface area (Å²) in [5.41, 5.74) is 1.16. The van der Waals surface area contributed by atoms with Gasteiger partial charge in [0, 0.05) is 22.6 Å². The van der Waals surface area contributed by atoms with Crippen molar-refractivity contribution in [3.8, 4) is 0 Å². The number of halogens is 2. The van der Waals surface area contributed by atoms with Crippen molar-refractivity contribution in [1.29, 1.82) is 0 Å². The molecular weight excluding hydrogens is 581 g/mol. The van der Waals surface area contributed by atoms with Gasteiger partial charge in [0.1, 0.15) is 12.6 Å². The number of hydrogen-bond donors (Lipinski definition) is 1. The quantitative estimate of drug-likeness (QED) is 0.282. The molecule has 0 spiro atoms. The van der Waals surface area contributed by atoms with Crippen molar-refractivity contribution in [2.24, 2.45) is 0 Å². The van der Waals surface area contributed by atoms with Crippen LogP contribution in [0.4, 0.5) is 5.69 Å². The van der Waals surface area contributed by atoms with Gasteiger partial charge in [-0.25, -0.2) is 8.42 Å². The number of benzene rings is 3. The Bertz CT molecular complexity index is 1410. The number of sulfonamides is 1. The fraction of sp³-hybridized carbons (Fsp3) is 0.355. The van der Waals surface area contributed by atoms with Crippen molar-refractivity contribution < 1.29 is 18.0 Å². The molecule has 1 atom stereocenters. The molecule has 1 fully saturated rings. The molecule has 10 heteroatoms. The fourth-order valence-electron chi connectivity index (χ4n) is 5.07. The predicted molar refractivity (Wildman–Crippen MR) is 164 cm³/mol. The van der Waals surface area contributed by atoms with Gasteiger partial charge in [-0.15, -0.1) is 0 Å². The normalized spacial score (nSPS) is 14.7. The second kappa shape index (κ2) is 14.2. The van der Waals surface area contributed by atoms with E-state index in [2.05, 4.69) is 5.32 Å². The summed E-state index contributed by atoms with van der Waals surface area (Å²) in [7, 11) is -4.18. The van der Waals surface area contributed by atoms with Crippen LogP contribution in [0.5, 0.6) is 0 Å². The molecule has 41 heavy (non-hydrogen) atoms. The third-order valence-electron chi connectivity index (χ3n) is 7.35. The lowest BCUT2D eigenvalue weighted by Gasteiger charge is -2.33. The molecule has 1 unspecified atom stereocenters. The monoisotopic (exact) mass is 615 g/mol. The van der Waals surface area contributed by atoms with Crippen LogP contribution in [0.25, 0.3) is 0 Å². The van der Waals surface area contributed by atoms with E-state index >= 15 is 0 Å². The summed E-state index contributed by atoms with van der Waals surface area (Å²) >= 11 is 12.5. The molecular formula is C31H35Cl2N3O4S. The standard InChI is InChI=1S/C31H35Cl2N3O4S/c1-23(31(38)34-27-13-7-3-8-14-27)35(18-17-24-11-5-2-6-12-24)30(37)22-36(28-20-25(32)19-26(33)21-28)41(39,40)29-15-9-4-10-16-29/h2,4-6,9-12,15-16,19-21,23,27H,3,7-8,13-14,17-18,22H2,1H3,(H,34,38). The van der Waals surface area contributed by atoms with E-state index in [9.17, 15) is 18.0 Å². The number of nitrogens with one attached hydrogen (secondary N) is 1. The van der Waals surface area contributed by atoms with Crippen LogP contribution in [-0.2, 0) is 26.0 Å². The van der Waals surface area contributed by atoms with Gasteiger partial charge in [0.15, 0.2) is 0 Å². The zero-order valence-corrected chi connectivity index (χ0v) is 25.3. The summed E-state index contributed by atoms with van der Waals surface area (Å²) in [6.45, 7) is 1.38. The van der Waals surface area contributed by atoms with Crippen LogP contribution in [0.1, 0.15) is 44.6 Å². The van der Waals surface area contributed by atoms with E-state index in [1.54, 1.807) is 25.1 Å². The van der Waals surface area contributed by atoms with Crippen LogP contribution in [0.15, 0.2) is 83.8 Å². The molecule has 1 aliphatic carbocycles. The van der Waals surface area contributed by atoms with E-state index < -0.39 is 28.5 Å². The van der Waals surface area contributed by atoms with Crippen LogP contribution in [0.2, 0.25) is 10.0 Å². The number of hydrogen-bond acceptors (Lipinski definition) is 4. The largest absolute Gasteiger partial charge is 0.352 e. The van der Waals surface area contributed by atoms with Crippen molar-refractivity contribution in [3.05, 3.63) is 94.5 Å². The second-order valence-corrected chi connectivity index (χ2v) is 13.0. The van der Waals surface area contributed by atoms with Crippen molar-refractivity contribution in [1.82, 2.24) is 10.2 Å². The smallest absolute Gasteiger partial charge is 0.264 e. The van der Waals surface area contributed by atoms with Gasteiger partial charge in [-0.05, 0) is 62.1 Å².